The molecule has 0 aliphatic heterocycles. The summed E-state index contributed by atoms with van der Waals surface area (Å²) in [5.74, 6) is 0.740. The predicted molar refractivity (Wildman–Crippen MR) is 66.7 cm³/mol. The van der Waals surface area contributed by atoms with E-state index in [1.165, 1.54) is 0 Å². The standard InChI is InChI=1S/C11H19N5O/c1-3-16-11(10(12)7(2)15-16)13-6-9(17)14-8-4-5-8/h8,13H,3-6,12H2,1-2H3,(H,14,17). The van der Waals surface area contributed by atoms with Gasteiger partial charge in [0.25, 0.3) is 0 Å². The van der Waals surface area contributed by atoms with Gasteiger partial charge in [0.2, 0.25) is 5.91 Å². The summed E-state index contributed by atoms with van der Waals surface area (Å²) in [6.07, 6.45) is 2.19. The second-order valence-corrected chi connectivity index (χ2v) is 4.36. The molecule has 6 heteroatoms. The van der Waals surface area contributed by atoms with Crippen molar-refractivity contribution in [1.29, 1.82) is 0 Å². The number of rotatable bonds is 5. The van der Waals surface area contributed by atoms with Gasteiger partial charge in [-0.3, -0.25) is 4.79 Å². The summed E-state index contributed by atoms with van der Waals surface area (Å²) in [5, 5.41) is 10.2. The van der Waals surface area contributed by atoms with E-state index in [1.807, 2.05) is 13.8 Å². The number of carbonyl (C=O) groups excluding carboxylic acids is 1. The van der Waals surface area contributed by atoms with Crippen molar-refractivity contribution < 1.29 is 4.79 Å². The van der Waals surface area contributed by atoms with Crippen LogP contribution < -0.4 is 16.4 Å². The number of hydrogen-bond acceptors (Lipinski definition) is 4. The Kier molecular flexibility index (Phi) is 3.21. The Morgan fingerprint density at radius 1 is 1.59 bits per heavy atom. The first-order valence-electron chi connectivity index (χ1n) is 5.98. The first-order chi connectivity index (χ1) is 8.11. The Bertz CT molecular complexity index is 422. The molecule has 94 valence electrons. The fraction of sp³-hybridized carbons (Fsp3) is 0.636. The smallest absolute Gasteiger partial charge is 0.239 e. The van der Waals surface area contributed by atoms with Gasteiger partial charge in [-0.1, -0.05) is 0 Å². The number of aryl methyl sites for hydroxylation is 2. The first-order valence-corrected chi connectivity index (χ1v) is 5.98. The van der Waals surface area contributed by atoms with E-state index < -0.39 is 0 Å². The highest BCUT2D eigenvalue weighted by Gasteiger charge is 2.23. The third-order valence-electron chi connectivity index (χ3n) is 2.83. The van der Waals surface area contributed by atoms with Crippen LogP contribution in [0.5, 0.6) is 0 Å². The molecule has 1 aliphatic carbocycles. The van der Waals surface area contributed by atoms with Crippen LogP contribution in [0.1, 0.15) is 25.5 Å². The molecule has 1 fully saturated rings. The van der Waals surface area contributed by atoms with E-state index in [0.29, 0.717) is 11.7 Å². The Morgan fingerprint density at radius 2 is 2.29 bits per heavy atom. The highest BCUT2D eigenvalue weighted by molar-refractivity contribution is 5.82. The molecule has 0 unspecified atom stereocenters. The normalized spacial score (nSPS) is 14.7. The van der Waals surface area contributed by atoms with E-state index in [1.54, 1.807) is 4.68 Å². The number of nitrogens with zero attached hydrogens (tertiary/aromatic N) is 2. The van der Waals surface area contributed by atoms with E-state index in [4.69, 9.17) is 5.73 Å². The van der Waals surface area contributed by atoms with Crippen LogP contribution in [-0.4, -0.2) is 28.3 Å². The summed E-state index contributed by atoms with van der Waals surface area (Å²) in [6.45, 7) is 4.81. The van der Waals surface area contributed by atoms with Crippen molar-refractivity contribution in [2.75, 3.05) is 17.6 Å². The van der Waals surface area contributed by atoms with Gasteiger partial charge in [0, 0.05) is 12.6 Å². The fourth-order valence-electron chi connectivity index (χ4n) is 1.68. The third kappa shape index (κ3) is 2.69. The molecule has 0 bridgehead atoms. The molecule has 1 aromatic heterocycles. The van der Waals surface area contributed by atoms with Crippen LogP contribution in [0.15, 0.2) is 0 Å². The Hall–Kier alpha value is -1.72. The van der Waals surface area contributed by atoms with Crippen LogP contribution in [-0.2, 0) is 11.3 Å². The van der Waals surface area contributed by atoms with Crippen molar-refractivity contribution in [1.82, 2.24) is 15.1 Å². The van der Waals surface area contributed by atoms with Gasteiger partial charge in [0.1, 0.15) is 5.82 Å². The molecular formula is C11H19N5O. The van der Waals surface area contributed by atoms with Crippen LogP contribution in [0.4, 0.5) is 11.5 Å². The van der Waals surface area contributed by atoms with Gasteiger partial charge in [-0.15, -0.1) is 0 Å². The lowest BCUT2D eigenvalue weighted by atomic mass is 10.4. The molecule has 1 heterocycles. The lowest BCUT2D eigenvalue weighted by Gasteiger charge is -2.09. The first kappa shape index (κ1) is 11.8. The number of amides is 1. The quantitative estimate of drug-likeness (QED) is 0.695. The summed E-state index contributed by atoms with van der Waals surface area (Å²) in [5.41, 5.74) is 7.31. The summed E-state index contributed by atoms with van der Waals surface area (Å²) in [4.78, 5) is 11.5. The largest absolute Gasteiger partial charge is 0.394 e. The van der Waals surface area contributed by atoms with Crippen molar-refractivity contribution in [3.8, 4) is 0 Å². The van der Waals surface area contributed by atoms with Crippen LogP contribution >= 0.6 is 0 Å². The zero-order valence-electron chi connectivity index (χ0n) is 10.3. The zero-order chi connectivity index (χ0) is 12.4. The minimum absolute atomic E-state index is 0.00778. The van der Waals surface area contributed by atoms with E-state index in [0.717, 1.165) is 30.9 Å². The van der Waals surface area contributed by atoms with Crippen LogP contribution in [0.3, 0.4) is 0 Å². The summed E-state index contributed by atoms with van der Waals surface area (Å²) >= 11 is 0. The molecule has 4 N–H and O–H groups in total. The Morgan fingerprint density at radius 3 is 2.88 bits per heavy atom. The molecule has 1 aromatic rings. The van der Waals surface area contributed by atoms with Gasteiger partial charge in [-0.05, 0) is 26.7 Å². The van der Waals surface area contributed by atoms with Gasteiger partial charge in [0.05, 0.1) is 17.9 Å². The maximum absolute atomic E-state index is 11.5. The van der Waals surface area contributed by atoms with Gasteiger partial charge in [0.15, 0.2) is 0 Å². The lowest BCUT2D eigenvalue weighted by molar-refractivity contribution is -0.119. The average molecular weight is 237 g/mol. The predicted octanol–water partition coefficient (Wildman–Crippen LogP) is 0.484. The molecular weight excluding hydrogens is 218 g/mol. The summed E-state index contributed by atoms with van der Waals surface area (Å²) < 4.78 is 1.77. The number of nitrogen functional groups attached to an aromatic ring is 1. The topological polar surface area (TPSA) is 85.0 Å². The molecule has 0 aromatic carbocycles. The van der Waals surface area contributed by atoms with E-state index in [9.17, 15) is 4.79 Å². The maximum atomic E-state index is 11.5. The molecule has 0 saturated heterocycles. The maximum Gasteiger partial charge on any atom is 0.239 e. The number of hydrogen-bond donors (Lipinski definition) is 3. The highest BCUT2D eigenvalue weighted by atomic mass is 16.2. The SMILES string of the molecule is CCn1nc(C)c(N)c1NCC(=O)NC1CC1. The van der Waals surface area contributed by atoms with Crippen molar-refractivity contribution >= 4 is 17.4 Å². The average Bonchev–Trinajstić information content (AvgIpc) is 3.05. The lowest BCUT2D eigenvalue weighted by Crippen LogP contribution is -2.32. The Labute approximate surface area is 101 Å². The molecule has 1 amide bonds. The van der Waals surface area contributed by atoms with Gasteiger partial charge in [-0.2, -0.15) is 5.10 Å². The van der Waals surface area contributed by atoms with Crippen LogP contribution in [0.25, 0.3) is 0 Å². The molecule has 1 saturated carbocycles. The van der Waals surface area contributed by atoms with Gasteiger partial charge < -0.3 is 16.4 Å². The summed E-state index contributed by atoms with van der Waals surface area (Å²) in [6, 6.07) is 0.388. The van der Waals surface area contributed by atoms with E-state index in [2.05, 4.69) is 15.7 Å². The molecule has 0 atom stereocenters. The molecule has 2 rings (SSSR count). The van der Waals surface area contributed by atoms with Crippen molar-refractivity contribution in [3.63, 3.8) is 0 Å². The van der Waals surface area contributed by atoms with E-state index >= 15 is 0 Å². The number of nitrogens with one attached hydrogen (secondary N) is 2. The fourth-order valence-corrected chi connectivity index (χ4v) is 1.68. The van der Waals surface area contributed by atoms with Gasteiger partial charge >= 0.3 is 0 Å². The summed E-state index contributed by atoms with van der Waals surface area (Å²) in [7, 11) is 0. The van der Waals surface area contributed by atoms with Crippen molar-refractivity contribution in [2.24, 2.45) is 0 Å². The minimum atomic E-state index is 0.00778. The second kappa shape index (κ2) is 4.65. The zero-order valence-corrected chi connectivity index (χ0v) is 10.3. The van der Waals surface area contributed by atoms with Crippen molar-refractivity contribution in [2.45, 2.75) is 39.3 Å². The van der Waals surface area contributed by atoms with Crippen molar-refractivity contribution in [3.05, 3.63) is 5.69 Å². The monoisotopic (exact) mass is 237 g/mol. The molecule has 17 heavy (non-hydrogen) atoms. The molecule has 0 spiro atoms. The number of nitrogens with two attached hydrogens (primary N) is 1. The molecule has 0 radical (unpaired) electrons. The van der Waals surface area contributed by atoms with Gasteiger partial charge in [-0.25, -0.2) is 4.68 Å². The second-order valence-electron chi connectivity index (χ2n) is 4.36. The molecule has 1 aliphatic rings. The van der Waals surface area contributed by atoms with Crippen LogP contribution in [0, 0.1) is 6.92 Å². The van der Waals surface area contributed by atoms with E-state index in [-0.39, 0.29) is 12.5 Å². The minimum Gasteiger partial charge on any atom is -0.394 e. The molecule has 6 nitrogen and oxygen atoms in total. The number of anilines is 2. The number of aromatic nitrogens is 2. The Balaban J connectivity index is 1.94. The number of carbonyl (C=O) groups is 1. The third-order valence-corrected chi connectivity index (χ3v) is 2.83. The van der Waals surface area contributed by atoms with Crippen LogP contribution in [0.2, 0.25) is 0 Å². The highest BCUT2D eigenvalue weighted by Crippen LogP contribution is 2.22.